The molecule has 0 saturated heterocycles. The molecule has 2 heterocycles. The standard InChI is InChI=1S/C22H26ClN3O4S/c1-12(2)11-28-15-6-7-18(16(23)8-15)29-22-24-10-20(31-22)17-9-19(30-26-17)14(5)25-21(27)13(3)4/h6-10,12-14H,11H2,1-5H3,(H,25,27). The Morgan fingerprint density at radius 2 is 2.00 bits per heavy atom. The van der Waals surface area contributed by atoms with Crippen molar-refractivity contribution in [2.75, 3.05) is 6.61 Å². The highest BCUT2D eigenvalue weighted by Gasteiger charge is 2.18. The number of benzene rings is 1. The first-order chi connectivity index (χ1) is 14.7. The van der Waals surface area contributed by atoms with Crippen LogP contribution in [0.5, 0.6) is 16.7 Å². The Bertz CT molecular complexity index is 1030. The van der Waals surface area contributed by atoms with E-state index in [4.69, 9.17) is 25.6 Å². The third-order valence-corrected chi connectivity index (χ3v) is 5.45. The van der Waals surface area contributed by atoms with Gasteiger partial charge in [-0.15, -0.1) is 0 Å². The maximum Gasteiger partial charge on any atom is 0.279 e. The number of nitrogens with zero attached hydrogens (tertiary/aromatic N) is 2. The first kappa shape index (κ1) is 23.1. The van der Waals surface area contributed by atoms with Crippen molar-refractivity contribution in [1.82, 2.24) is 15.5 Å². The second kappa shape index (κ2) is 10.2. The molecule has 0 bridgehead atoms. The molecular formula is C22H26ClN3O4S. The normalized spacial score (nSPS) is 12.3. The summed E-state index contributed by atoms with van der Waals surface area (Å²) in [4.78, 5) is 16.9. The fraction of sp³-hybridized carbons (Fsp3) is 0.409. The van der Waals surface area contributed by atoms with Crippen molar-refractivity contribution in [3.63, 3.8) is 0 Å². The highest BCUT2D eigenvalue weighted by Crippen LogP contribution is 2.37. The Labute approximate surface area is 190 Å². The molecule has 31 heavy (non-hydrogen) atoms. The SMILES string of the molecule is CC(C)COc1ccc(Oc2ncc(-c3cc(C(C)NC(=O)C(C)C)on3)s2)c(Cl)c1. The van der Waals surface area contributed by atoms with E-state index in [1.54, 1.807) is 24.4 Å². The number of ether oxygens (including phenoxy) is 2. The van der Waals surface area contributed by atoms with Crippen molar-refractivity contribution in [3.8, 4) is 27.3 Å². The molecule has 9 heteroatoms. The molecule has 1 unspecified atom stereocenters. The minimum atomic E-state index is -0.282. The molecule has 3 aromatic rings. The van der Waals surface area contributed by atoms with E-state index in [0.29, 0.717) is 45.7 Å². The van der Waals surface area contributed by atoms with Crippen LogP contribution in [0, 0.1) is 11.8 Å². The molecule has 0 saturated carbocycles. The Kier molecular flexibility index (Phi) is 7.56. The zero-order valence-electron chi connectivity index (χ0n) is 18.1. The Morgan fingerprint density at radius 3 is 2.68 bits per heavy atom. The lowest BCUT2D eigenvalue weighted by atomic mass is 10.1. The van der Waals surface area contributed by atoms with E-state index in [2.05, 4.69) is 29.3 Å². The first-order valence-corrected chi connectivity index (χ1v) is 11.3. The number of hydrogen-bond donors (Lipinski definition) is 1. The molecule has 0 fully saturated rings. The van der Waals surface area contributed by atoms with Gasteiger partial charge in [0.25, 0.3) is 5.19 Å². The van der Waals surface area contributed by atoms with Crippen LogP contribution in [0.15, 0.2) is 35.0 Å². The molecule has 1 atom stereocenters. The van der Waals surface area contributed by atoms with Crippen molar-refractivity contribution in [2.45, 2.75) is 40.7 Å². The van der Waals surface area contributed by atoms with Gasteiger partial charge >= 0.3 is 0 Å². The minimum Gasteiger partial charge on any atom is -0.493 e. The molecule has 1 N–H and O–H groups in total. The van der Waals surface area contributed by atoms with Gasteiger partial charge in [-0.25, -0.2) is 4.98 Å². The Hall–Kier alpha value is -2.58. The van der Waals surface area contributed by atoms with Crippen LogP contribution in [-0.4, -0.2) is 22.7 Å². The van der Waals surface area contributed by atoms with Gasteiger partial charge in [-0.3, -0.25) is 4.79 Å². The summed E-state index contributed by atoms with van der Waals surface area (Å²) in [6.45, 7) is 10.3. The number of carbonyl (C=O) groups is 1. The summed E-state index contributed by atoms with van der Waals surface area (Å²) in [5.41, 5.74) is 0.622. The van der Waals surface area contributed by atoms with Gasteiger partial charge in [0, 0.05) is 18.1 Å². The molecular weight excluding hydrogens is 438 g/mol. The van der Waals surface area contributed by atoms with Crippen LogP contribution in [0.1, 0.15) is 46.4 Å². The van der Waals surface area contributed by atoms with E-state index in [1.807, 2.05) is 26.8 Å². The van der Waals surface area contributed by atoms with Gasteiger partial charge in [-0.1, -0.05) is 55.8 Å². The monoisotopic (exact) mass is 463 g/mol. The highest BCUT2D eigenvalue weighted by atomic mass is 35.5. The Balaban J connectivity index is 1.66. The number of nitrogens with one attached hydrogen (secondary N) is 1. The lowest BCUT2D eigenvalue weighted by molar-refractivity contribution is -0.124. The lowest BCUT2D eigenvalue weighted by Crippen LogP contribution is -2.30. The van der Waals surface area contributed by atoms with E-state index < -0.39 is 0 Å². The minimum absolute atomic E-state index is 0.0450. The summed E-state index contributed by atoms with van der Waals surface area (Å²) >= 11 is 7.65. The highest BCUT2D eigenvalue weighted by molar-refractivity contribution is 7.16. The number of carbonyl (C=O) groups excluding carboxylic acids is 1. The molecule has 2 aromatic heterocycles. The number of amides is 1. The van der Waals surface area contributed by atoms with Gasteiger partial charge in [0.05, 0.1) is 28.7 Å². The second-order valence-electron chi connectivity index (χ2n) is 7.89. The van der Waals surface area contributed by atoms with Crippen LogP contribution < -0.4 is 14.8 Å². The summed E-state index contributed by atoms with van der Waals surface area (Å²) in [5.74, 6) is 2.03. The van der Waals surface area contributed by atoms with Gasteiger partial charge < -0.3 is 19.3 Å². The summed E-state index contributed by atoms with van der Waals surface area (Å²) in [5, 5.41) is 7.85. The predicted molar refractivity (Wildman–Crippen MR) is 121 cm³/mol. The second-order valence-corrected chi connectivity index (χ2v) is 9.29. The maximum absolute atomic E-state index is 11.9. The third-order valence-electron chi connectivity index (χ3n) is 4.26. The van der Waals surface area contributed by atoms with Crippen LogP contribution in [-0.2, 0) is 4.79 Å². The fourth-order valence-corrected chi connectivity index (χ4v) is 3.44. The molecule has 0 radical (unpaired) electrons. The van der Waals surface area contributed by atoms with Gasteiger partial charge in [0.1, 0.15) is 17.2 Å². The number of hydrogen-bond acceptors (Lipinski definition) is 7. The van der Waals surface area contributed by atoms with Crippen LogP contribution in [0.3, 0.4) is 0 Å². The van der Waals surface area contributed by atoms with Crippen molar-refractivity contribution in [1.29, 1.82) is 0 Å². The van der Waals surface area contributed by atoms with Gasteiger partial charge in [-0.2, -0.15) is 0 Å². The summed E-state index contributed by atoms with van der Waals surface area (Å²) in [6, 6.07) is 6.80. The molecule has 7 nitrogen and oxygen atoms in total. The van der Waals surface area contributed by atoms with Crippen LogP contribution in [0.4, 0.5) is 0 Å². The number of rotatable bonds is 9. The smallest absolute Gasteiger partial charge is 0.279 e. The van der Waals surface area contributed by atoms with Gasteiger partial charge in [0.2, 0.25) is 5.91 Å². The van der Waals surface area contributed by atoms with Gasteiger partial charge in [0.15, 0.2) is 5.76 Å². The molecule has 0 aliphatic heterocycles. The van der Waals surface area contributed by atoms with Crippen LogP contribution >= 0.6 is 22.9 Å². The molecule has 0 aliphatic carbocycles. The average molecular weight is 464 g/mol. The first-order valence-electron chi connectivity index (χ1n) is 10.1. The zero-order chi connectivity index (χ0) is 22.5. The lowest BCUT2D eigenvalue weighted by Gasteiger charge is -2.12. The van der Waals surface area contributed by atoms with Gasteiger partial charge in [-0.05, 0) is 25.0 Å². The summed E-state index contributed by atoms with van der Waals surface area (Å²) < 4.78 is 16.9. The van der Waals surface area contributed by atoms with Crippen molar-refractivity contribution >= 4 is 28.8 Å². The average Bonchev–Trinajstić information content (AvgIpc) is 3.37. The molecule has 0 spiro atoms. The summed E-state index contributed by atoms with van der Waals surface area (Å²) in [7, 11) is 0. The zero-order valence-corrected chi connectivity index (χ0v) is 19.7. The topological polar surface area (TPSA) is 86.5 Å². The molecule has 166 valence electrons. The van der Waals surface area contributed by atoms with Crippen molar-refractivity contribution in [3.05, 3.63) is 41.2 Å². The van der Waals surface area contributed by atoms with E-state index in [9.17, 15) is 4.79 Å². The quantitative estimate of drug-likeness (QED) is 0.411. The summed E-state index contributed by atoms with van der Waals surface area (Å²) in [6.07, 6.45) is 1.66. The van der Waals surface area contributed by atoms with Crippen LogP contribution in [0.2, 0.25) is 5.02 Å². The maximum atomic E-state index is 11.9. The Morgan fingerprint density at radius 1 is 1.23 bits per heavy atom. The van der Waals surface area contributed by atoms with E-state index in [1.165, 1.54) is 11.3 Å². The molecule has 0 aliphatic rings. The van der Waals surface area contributed by atoms with E-state index >= 15 is 0 Å². The predicted octanol–water partition coefficient (Wildman–Crippen LogP) is 6.11. The number of aromatic nitrogens is 2. The fourth-order valence-electron chi connectivity index (χ4n) is 2.50. The van der Waals surface area contributed by atoms with E-state index in [-0.39, 0.29) is 17.9 Å². The molecule has 3 rings (SSSR count). The van der Waals surface area contributed by atoms with Crippen molar-refractivity contribution in [2.24, 2.45) is 11.8 Å². The van der Waals surface area contributed by atoms with Crippen molar-refractivity contribution < 1.29 is 18.8 Å². The number of halogens is 1. The van der Waals surface area contributed by atoms with Crippen LogP contribution in [0.25, 0.3) is 10.6 Å². The largest absolute Gasteiger partial charge is 0.493 e. The molecule has 1 aromatic carbocycles. The number of thiazole rings is 1. The third kappa shape index (κ3) is 6.21. The van der Waals surface area contributed by atoms with E-state index in [0.717, 1.165) is 4.88 Å². The molecule has 1 amide bonds.